The van der Waals surface area contributed by atoms with Crippen molar-refractivity contribution in [2.24, 2.45) is 0 Å². The molecule has 0 saturated heterocycles. The predicted octanol–water partition coefficient (Wildman–Crippen LogP) is 14.1. The normalized spacial score (nSPS) is 12.9. The molecule has 0 fully saturated rings. The molecule has 0 spiro atoms. The number of carbonyl (C=O) groups is 2. The van der Waals surface area contributed by atoms with E-state index >= 15 is 0 Å². The van der Waals surface area contributed by atoms with Crippen LogP contribution in [-0.2, 0) is 15.0 Å². The molecule has 5 rings (SSSR count). The summed E-state index contributed by atoms with van der Waals surface area (Å²) in [6, 6.07) is 31.3. The lowest BCUT2D eigenvalue weighted by Gasteiger charge is -2.33. The molecule has 0 aromatic heterocycles. The SMILES string of the molecule is CCCCCCCCC1(CCCCCCCC)c2cc(-c3ccc(SC(C)=O)cc3)ccc2-c2ccc(-c3ccc(SC(C)=O)cc3)cc21. The molecule has 1 aliphatic carbocycles. The van der Waals surface area contributed by atoms with Crippen LogP contribution in [0.4, 0.5) is 0 Å². The van der Waals surface area contributed by atoms with Crippen molar-refractivity contribution in [3.8, 4) is 33.4 Å². The van der Waals surface area contributed by atoms with Crippen LogP contribution in [0.3, 0.4) is 0 Å². The zero-order valence-corrected chi connectivity index (χ0v) is 31.7. The van der Waals surface area contributed by atoms with Gasteiger partial charge in [0.1, 0.15) is 0 Å². The van der Waals surface area contributed by atoms with Crippen molar-refractivity contribution in [1.82, 2.24) is 0 Å². The minimum absolute atomic E-state index is 0.0267. The molecule has 0 N–H and O–H groups in total. The van der Waals surface area contributed by atoms with Crippen molar-refractivity contribution >= 4 is 33.8 Å². The van der Waals surface area contributed by atoms with Gasteiger partial charge in [0.05, 0.1) is 0 Å². The Kier molecular flexibility index (Phi) is 13.8. The van der Waals surface area contributed by atoms with Crippen LogP contribution in [0.1, 0.15) is 129 Å². The lowest BCUT2D eigenvalue weighted by molar-refractivity contribution is -0.109. The van der Waals surface area contributed by atoms with Crippen molar-refractivity contribution in [1.29, 1.82) is 0 Å². The summed E-state index contributed by atoms with van der Waals surface area (Å²) in [6.45, 7) is 7.83. The third-order valence-electron chi connectivity index (χ3n) is 10.2. The summed E-state index contributed by atoms with van der Waals surface area (Å²) in [5.74, 6) is 0. The largest absolute Gasteiger partial charge is 0.287 e. The second-order valence-electron chi connectivity index (χ2n) is 13.9. The van der Waals surface area contributed by atoms with E-state index < -0.39 is 0 Å². The van der Waals surface area contributed by atoms with Gasteiger partial charge >= 0.3 is 0 Å². The minimum Gasteiger partial charge on any atom is -0.287 e. The Morgan fingerprint density at radius 1 is 0.469 bits per heavy atom. The van der Waals surface area contributed by atoms with Gasteiger partial charge in [-0.2, -0.15) is 0 Å². The van der Waals surface area contributed by atoms with Gasteiger partial charge in [0.15, 0.2) is 10.2 Å². The molecule has 0 atom stereocenters. The maximum atomic E-state index is 11.7. The fourth-order valence-electron chi connectivity index (χ4n) is 7.69. The highest BCUT2D eigenvalue weighted by atomic mass is 32.2. The van der Waals surface area contributed by atoms with Gasteiger partial charge < -0.3 is 0 Å². The highest BCUT2D eigenvalue weighted by Gasteiger charge is 2.42. The zero-order valence-electron chi connectivity index (χ0n) is 30.1. The molecule has 4 aromatic carbocycles. The van der Waals surface area contributed by atoms with Crippen LogP contribution in [0.25, 0.3) is 33.4 Å². The Labute approximate surface area is 304 Å². The summed E-state index contributed by atoms with van der Waals surface area (Å²) >= 11 is 2.59. The first-order chi connectivity index (χ1) is 23.8. The van der Waals surface area contributed by atoms with E-state index in [2.05, 4.69) is 98.8 Å². The fourth-order valence-corrected chi connectivity index (χ4v) is 8.90. The third kappa shape index (κ3) is 9.58. The summed E-state index contributed by atoms with van der Waals surface area (Å²) in [6.07, 6.45) is 17.9. The second kappa shape index (κ2) is 18.2. The number of benzene rings is 4. The zero-order chi connectivity index (χ0) is 34.6. The molecule has 0 radical (unpaired) electrons. The number of hydrogen-bond donors (Lipinski definition) is 0. The smallest absolute Gasteiger partial charge is 0.190 e. The van der Waals surface area contributed by atoms with E-state index in [-0.39, 0.29) is 15.6 Å². The number of rotatable bonds is 18. The summed E-state index contributed by atoms with van der Waals surface area (Å²) in [5.41, 5.74) is 10.6. The van der Waals surface area contributed by atoms with Gasteiger partial charge in [-0.15, -0.1) is 0 Å². The molecule has 258 valence electrons. The number of unbranched alkanes of at least 4 members (excludes halogenated alkanes) is 10. The first-order valence-corrected chi connectivity index (χ1v) is 20.3. The second-order valence-corrected chi connectivity index (χ2v) is 16.4. The first kappa shape index (κ1) is 37.2. The van der Waals surface area contributed by atoms with E-state index in [4.69, 9.17) is 0 Å². The standard InChI is InChI=1S/C45H54O2S2/c1-5-7-9-11-13-15-29-45(30-16-14-12-10-8-6-2)43-31-37(35-17-23-39(24-18-35)48-33(3)46)21-27-41(43)42-28-22-38(32-44(42)45)36-19-25-40(26-20-36)49-34(4)47/h17-28,31-32H,5-16,29-30H2,1-4H3. The molecule has 4 aromatic rings. The number of carbonyl (C=O) groups excluding carboxylic acids is 2. The Hall–Kier alpha value is -3.08. The maximum Gasteiger partial charge on any atom is 0.190 e. The lowest BCUT2D eigenvalue weighted by Crippen LogP contribution is -2.25. The maximum absolute atomic E-state index is 11.7. The molecule has 2 nitrogen and oxygen atoms in total. The predicted molar refractivity (Wildman–Crippen MR) is 213 cm³/mol. The van der Waals surface area contributed by atoms with Crippen LogP contribution < -0.4 is 0 Å². The quantitative estimate of drug-likeness (QED) is 0.0769. The average Bonchev–Trinajstić information content (AvgIpc) is 3.36. The molecule has 0 saturated carbocycles. The van der Waals surface area contributed by atoms with Gasteiger partial charge in [0.2, 0.25) is 0 Å². The molecule has 0 amide bonds. The van der Waals surface area contributed by atoms with Crippen LogP contribution in [0.15, 0.2) is 94.7 Å². The Morgan fingerprint density at radius 3 is 1.18 bits per heavy atom. The highest BCUT2D eigenvalue weighted by Crippen LogP contribution is 2.56. The van der Waals surface area contributed by atoms with Crippen LogP contribution in [0.2, 0.25) is 0 Å². The minimum atomic E-state index is -0.0267. The van der Waals surface area contributed by atoms with Gasteiger partial charge in [-0.25, -0.2) is 0 Å². The van der Waals surface area contributed by atoms with Gasteiger partial charge in [-0.1, -0.05) is 163 Å². The van der Waals surface area contributed by atoms with Crippen molar-refractivity contribution in [3.05, 3.63) is 96.1 Å². The Balaban J connectivity index is 1.55. The van der Waals surface area contributed by atoms with Crippen LogP contribution in [-0.4, -0.2) is 10.2 Å². The van der Waals surface area contributed by atoms with E-state index in [1.165, 1.54) is 158 Å². The van der Waals surface area contributed by atoms with E-state index in [1.807, 2.05) is 0 Å². The first-order valence-electron chi connectivity index (χ1n) is 18.7. The summed E-state index contributed by atoms with van der Waals surface area (Å²) in [4.78, 5) is 25.4. The van der Waals surface area contributed by atoms with Gasteiger partial charge in [0.25, 0.3) is 0 Å². The molecule has 0 aliphatic heterocycles. The Morgan fingerprint density at radius 2 is 0.816 bits per heavy atom. The van der Waals surface area contributed by atoms with Gasteiger partial charge in [-0.05, 0) is 93.7 Å². The lowest BCUT2D eigenvalue weighted by atomic mass is 9.70. The number of fused-ring (bicyclic) bond motifs is 3. The molecule has 4 heteroatoms. The third-order valence-corrected chi connectivity index (χ3v) is 11.8. The molecule has 0 heterocycles. The average molecular weight is 691 g/mol. The van der Waals surface area contributed by atoms with Crippen LogP contribution in [0, 0.1) is 0 Å². The van der Waals surface area contributed by atoms with Crippen molar-refractivity contribution in [3.63, 3.8) is 0 Å². The van der Waals surface area contributed by atoms with Crippen molar-refractivity contribution in [2.75, 3.05) is 0 Å². The van der Waals surface area contributed by atoms with Gasteiger partial charge in [-0.3, -0.25) is 9.59 Å². The molecule has 0 bridgehead atoms. The number of hydrogen-bond acceptors (Lipinski definition) is 4. The van der Waals surface area contributed by atoms with E-state index in [0.29, 0.717) is 0 Å². The molecular weight excluding hydrogens is 637 g/mol. The fraction of sp³-hybridized carbons (Fsp3) is 0.422. The molecule has 0 unspecified atom stereocenters. The summed E-state index contributed by atoms with van der Waals surface area (Å²) < 4.78 is 0. The van der Waals surface area contributed by atoms with E-state index in [9.17, 15) is 9.59 Å². The Bertz CT molecular complexity index is 1560. The van der Waals surface area contributed by atoms with E-state index in [1.54, 1.807) is 13.8 Å². The summed E-state index contributed by atoms with van der Waals surface area (Å²) in [5, 5.41) is 0.227. The van der Waals surface area contributed by atoms with Crippen molar-refractivity contribution in [2.45, 2.75) is 133 Å². The monoisotopic (exact) mass is 690 g/mol. The highest BCUT2D eigenvalue weighted by molar-refractivity contribution is 8.13. The van der Waals surface area contributed by atoms with Crippen LogP contribution >= 0.6 is 23.5 Å². The number of thioether (sulfide) groups is 2. The van der Waals surface area contributed by atoms with Crippen LogP contribution in [0.5, 0.6) is 0 Å². The topological polar surface area (TPSA) is 34.1 Å². The van der Waals surface area contributed by atoms with Gasteiger partial charge in [0, 0.05) is 29.1 Å². The molecule has 49 heavy (non-hydrogen) atoms. The molecular formula is C45H54O2S2. The van der Waals surface area contributed by atoms with Crippen molar-refractivity contribution < 1.29 is 9.59 Å². The summed E-state index contributed by atoms with van der Waals surface area (Å²) in [7, 11) is 0. The van der Waals surface area contributed by atoms with E-state index in [0.717, 1.165) is 9.79 Å². The molecule has 1 aliphatic rings.